The molecule has 0 aliphatic carbocycles. The van der Waals surface area contributed by atoms with E-state index in [1.54, 1.807) is 0 Å². The Labute approximate surface area is 268 Å². The molecule has 0 aliphatic rings. The quantitative estimate of drug-likeness (QED) is 0.189. The Morgan fingerprint density at radius 3 is 1.91 bits per heavy atom. The average Bonchev–Trinajstić information content (AvgIpc) is 3.65. The molecule has 0 amide bonds. The maximum Gasteiger partial charge on any atom is 0.201 e. The summed E-state index contributed by atoms with van der Waals surface area (Å²) in [6.45, 7) is 0. The van der Waals surface area contributed by atoms with Crippen LogP contribution in [0.4, 0.5) is 0 Å². The van der Waals surface area contributed by atoms with Gasteiger partial charge < -0.3 is 13.6 Å². The molecule has 0 atom stereocenters. The zero-order chi connectivity index (χ0) is 31.1. The first-order valence-corrected chi connectivity index (χ1v) is 15.8. The summed E-state index contributed by atoms with van der Waals surface area (Å²) in [4.78, 5) is 14.1. The number of fused-ring (bicyclic) bond motifs is 9. The number of rotatable bonds is 3. The van der Waals surface area contributed by atoms with Crippen molar-refractivity contribution in [1.82, 2.24) is 9.13 Å². The Balaban J connectivity index is 1.31. The number of aromatic nitrogens is 2. The molecule has 3 aromatic heterocycles. The van der Waals surface area contributed by atoms with Gasteiger partial charge in [-0.2, -0.15) is 0 Å². The van der Waals surface area contributed by atoms with Crippen LogP contribution in [0, 0.1) is 0 Å². The summed E-state index contributed by atoms with van der Waals surface area (Å²) in [6, 6.07) is 54.0. The van der Waals surface area contributed by atoms with Crippen molar-refractivity contribution >= 4 is 65.6 Å². The van der Waals surface area contributed by atoms with Gasteiger partial charge in [-0.1, -0.05) is 103 Å². The van der Waals surface area contributed by atoms with Crippen LogP contribution in [0.25, 0.3) is 88.1 Å². The summed E-state index contributed by atoms with van der Waals surface area (Å²) in [5.41, 5.74) is 9.57. The van der Waals surface area contributed by atoms with Crippen LogP contribution in [-0.4, -0.2) is 9.13 Å². The van der Waals surface area contributed by atoms with Crippen LogP contribution < -0.4 is 5.43 Å². The molecule has 0 radical (unpaired) electrons. The van der Waals surface area contributed by atoms with Crippen molar-refractivity contribution in [1.29, 1.82) is 0 Å². The molecule has 10 aromatic rings. The summed E-state index contributed by atoms with van der Waals surface area (Å²) < 4.78 is 11.2. The summed E-state index contributed by atoms with van der Waals surface area (Å²) in [6.07, 6.45) is 0. The second kappa shape index (κ2) is 9.80. The molecule has 220 valence electrons. The molecule has 0 fully saturated rings. The minimum Gasteiger partial charge on any atom is -0.456 e. The van der Waals surface area contributed by atoms with Gasteiger partial charge in [-0.3, -0.25) is 4.79 Å². The van der Waals surface area contributed by atoms with Gasteiger partial charge in [0.05, 0.1) is 32.8 Å². The van der Waals surface area contributed by atoms with Crippen LogP contribution in [0.15, 0.2) is 167 Å². The molecule has 4 nitrogen and oxygen atoms in total. The van der Waals surface area contributed by atoms with Crippen LogP contribution >= 0.6 is 0 Å². The highest BCUT2D eigenvalue weighted by Gasteiger charge is 2.21. The maximum atomic E-state index is 14.1. The van der Waals surface area contributed by atoms with E-state index in [4.69, 9.17) is 4.42 Å². The Morgan fingerprint density at radius 1 is 0.426 bits per heavy atom. The van der Waals surface area contributed by atoms with Gasteiger partial charge in [0, 0.05) is 39.0 Å². The zero-order valence-electron chi connectivity index (χ0n) is 25.2. The van der Waals surface area contributed by atoms with E-state index in [-0.39, 0.29) is 5.43 Å². The van der Waals surface area contributed by atoms with Gasteiger partial charge in [0.15, 0.2) is 0 Å². The van der Waals surface area contributed by atoms with Crippen molar-refractivity contribution in [3.63, 3.8) is 0 Å². The SMILES string of the molecule is O=c1c2ccc(-n3c4ccccc4c4ccc5c(c6ccccc6n5-c5ccccc5)c43)cc2oc2cccc(-c3ccccc3)c12. The first kappa shape index (κ1) is 25.9. The minimum atomic E-state index is -0.0252. The van der Waals surface area contributed by atoms with Crippen LogP contribution in [0.2, 0.25) is 0 Å². The van der Waals surface area contributed by atoms with Crippen LogP contribution in [-0.2, 0) is 0 Å². The molecule has 0 saturated carbocycles. The number of benzene rings is 7. The zero-order valence-corrected chi connectivity index (χ0v) is 25.2. The third-order valence-electron chi connectivity index (χ3n) is 9.51. The van der Waals surface area contributed by atoms with E-state index >= 15 is 0 Å². The average molecular weight is 603 g/mol. The number of para-hydroxylation sites is 3. The van der Waals surface area contributed by atoms with E-state index in [2.05, 4.69) is 106 Å². The maximum absolute atomic E-state index is 14.1. The highest BCUT2D eigenvalue weighted by molar-refractivity contribution is 6.26. The number of nitrogens with zero attached hydrogens (tertiary/aromatic N) is 2. The molecule has 0 saturated heterocycles. The van der Waals surface area contributed by atoms with Gasteiger partial charge in [-0.25, -0.2) is 0 Å². The molecular weight excluding hydrogens is 576 g/mol. The van der Waals surface area contributed by atoms with Crippen molar-refractivity contribution in [3.8, 4) is 22.5 Å². The first-order chi connectivity index (χ1) is 23.3. The molecule has 3 heterocycles. The molecular formula is C43H26N2O2. The van der Waals surface area contributed by atoms with Gasteiger partial charge in [-0.05, 0) is 59.7 Å². The smallest absolute Gasteiger partial charge is 0.201 e. The molecule has 7 aromatic carbocycles. The predicted octanol–water partition coefficient (Wildman–Crippen LogP) is 10.8. The molecule has 47 heavy (non-hydrogen) atoms. The lowest BCUT2D eigenvalue weighted by Gasteiger charge is -2.12. The van der Waals surface area contributed by atoms with E-state index < -0.39 is 0 Å². The molecule has 0 spiro atoms. The van der Waals surface area contributed by atoms with E-state index in [0.29, 0.717) is 21.9 Å². The van der Waals surface area contributed by atoms with Gasteiger partial charge in [0.1, 0.15) is 11.2 Å². The Hall–Kier alpha value is -6.39. The van der Waals surface area contributed by atoms with Crippen molar-refractivity contribution in [2.24, 2.45) is 0 Å². The third-order valence-corrected chi connectivity index (χ3v) is 9.51. The normalized spacial score (nSPS) is 11.9. The molecule has 4 heteroatoms. The largest absolute Gasteiger partial charge is 0.456 e. The van der Waals surface area contributed by atoms with Crippen molar-refractivity contribution in [2.75, 3.05) is 0 Å². The number of hydrogen-bond donors (Lipinski definition) is 0. The van der Waals surface area contributed by atoms with Gasteiger partial charge in [0.2, 0.25) is 5.43 Å². The molecule has 0 N–H and O–H groups in total. The lowest BCUT2D eigenvalue weighted by atomic mass is 10.00. The third kappa shape index (κ3) is 3.67. The van der Waals surface area contributed by atoms with Gasteiger partial charge >= 0.3 is 0 Å². The summed E-state index contributed by atoms with van der Waals surface area (Å²) >= 11 is 0. The summed E-state index contributed by atoms with van der Waals surface area (Å²) in [7, 11) is 0. The Bertz CT molecular complexity index is 2910. The van der Waals surface area contributed by atoms with E-state index in [1.165, 1.54) is 21.5 Å². The summed E-state index contributed by atoms with van der Waals surface area (Å²) in [5.74, 6) is 0. The lowest BCUT2D eigenvalue weighted by Crippen LogP contribution is -2.04. The molecule has 0 unspecified atom stereocenters. The second-order valence-corrected chi connectivity index (χ2v) is 12.1. The van der Waals surface area contributed by atoms with E-state index in [9.17, 15) is 4.79 Å². The van der Waals surface area contributed by atoms with Crippen molar-refractivity contribution in [3.05, 3.63) is 168 Å². The topological polar surface area (TPSA) is 40.1 Å². The lowest BCUT2D eigenvalue weighted by molar-refractivity contribution is 0.660. The van der Waals surface area contributed by atoms with E-state index in [0.717, 1.165) is 44.6 Å². The highest BCUT2D eigenvalue weighted by Crippen LogP contribution is 2.42. The molecule has 10 rings (SSSR count). The molecule has 0 bridgehead atoms. The van der Waals surface area contributed by atoms with Gasteiger partial charge in [-0.15, -0.1) is 0 Å². The monoisotopic (exact) mass is 602 g/mol. The van der Waals surface area contributed by atoms with Crippen molar-refractivity contribution in [2.45, 2.75) is 0 Å². The van der Waals surface area contributed by atoms with Gasteiger partial charge in [0.25, 0.3) is 0 Å². The minimum absolute atomic E-state index is 0.0252. The van der Waals surface area contributed by atoms with Crippen LogP contribution in [0.1, 0.15) is 0 Å². The fourth-order valence-electron chi connectivity index (χ4n) is 7.52. The van der Waals surface area contributed by atoms with Crippen LogP contribution in [0.5, 0.6) is 0 Å². The Kier molecular flexibility index (Phi) is 5.40. The molecule has 0 aliphatic heterocycles. The predicted molar refractivity (Wildman–Crippen MR) is 194 cm³/mol. The van der Waals surface area contributed by atoms with Crippen LogP contribution in [0.3, 0.4) is 0 Å². The standard InChI is InChI=1S/C43H26N2O2/c46-43-34-23-22-29(26-39(34)47-38-21-11-18-30(41(38)43)27-12-3-1-4-13-27)45-35-19-9-7-16-31(35)32-24-25-37-40(42(32)45)33-17-8-10-20-36(33)44(37)28-14-5-2-6-15-28/h1-26H. The second-order valence-electron chi connectivity index (χ2n) is 12.1. The van der Waals surface area contributed by atoms with Crippen molar-refractivity contribution < 1.29 is 4.42 Å². The number of hydrogen-bond acceptors (Lipinski definition) is 2. The highest BCUT2D eigenvalue weighted by atomic mass is 16.3. The summed E-state index contributed by atoms with van der Waals surface area (Å²) in [5, 5.41) is 5.89. The Morgan fingerprint density at radius 2 is 1.11 bits per heavy atom. The first-order valence-electron chi connectivity index (χ1n) is 15.8. The fraction of sp³-hybridized carbons (Fsp3) is 0. The fourth-order valence-corrected chi connectivity index (χ4v) is 7.52. The van der Waals surface area contributed by atoms with E-state index in [1.807, 2.05) is 60.7 Å².